The predicted molar refractivity (Wildman–Crippen MR) is 81.3 cm³/mol. The van der Waals surface area contributed by atoms with Gasteiger partial charge < -0.3 is 5.32 Å². The number of halogens is 3. The number of benzene rings is 1. The lowest BCUT2D eigenvalue weighted by atomic mass is 9.57. The van der Waals surface area contributed by atoms with E-state index in [1.54, 1.807) is 0 Å². The largest absolute Gasteiger partial charge is 0.380 e. The molecule has 2 aliphatic rings. The van der Waals surface area contributed by atoms with Crippen LogP contribution in [-0.4, -0.2) is 6.04 Å². The van der Waals surface area contributed by atoms with Gasteiger partial charge in [-0.15, -0.1) is 0 Å². The van der Waals surface area contributed by atoms with Gasteiger partial charge in [-0.25, -0.2) is 4.39 Å². The van der Waals surface area contributed by atoms with E-state index in [2.05, 4.69) is 21.2 Å². The molecule has 2 saturated carbocycles. The molecule has 2 aliphatic carbocycles. The normalized spacial score (nSPS) is 25.1. The van der Waals surface area contributed by atoms with Crippen LogP contribution >= 0.6 is 27.5 Å². The smallest absolute Gasteiger partial charge is 0.125 e. The highest BCUT2D eigenvalue weighted by atomic mass is 79.9. The van der Waals surface area contributed by atoms with Gasteiger partial charge in [0.1, 0.15) is 5.82 Å². The summed E-state index contributed by atoms with van der Waals surface area (Å²) in [5, 5.41) is 4.02. The highest BCUT2D eigenvalue weighted by Gasteiger charge is 2.47. The van der Waals surface area contributed by atoms with Gasteiger partial charge in [0, 0.05) is 10.5 Å². The number of rotatable bonds is 2. The molecule has 1 nitrogen and oxygen atoms in total. The van der Waals surface area contributed by atoms with Crippen molar-refractivity contribution in [3.8, 4) is 0 Å². The van der Waals surface area contributed by atoms with Crippen LogP contribution in [0.4, 0.5) is 10.1 Å². The number of hydrogen-bond acceptors (Lipinski definition) is 1. The molecular weight excluding hydrogens is 329 g/mol. The quantitative estimate of drug-likeness (QED) is 0.717. The predicted octanol–water partition coefficient (Wildman–Crippen LogP) is 5.77. The summed E-state index contributed by atoms with van der Waals surface area (Å²) in [5.41, 5.74) is 1.31. The Balaban J connectivity index is 1.79. The van der Waals surface area contributed by atoms with Crippen LogP contribution < -0.4 is 5.32 Å². The fraction of sp³-hybridized carbons (Fsp3) is 0.600. The summed E-state index contributed by atoms with van der Waals surface area (Å²) in [6.07, 6.45) is 9.21. The standard InChI is InChI=1S/C15H18BrClFN/c16-11-8-10(18)9-12(17)14(11)19-13-4-7-15(13)5-2-1-3-6-15/h8-9,13,19H,1-7H2. The molecule has 0 radical (unpaired) electrons. The van der Waals surface area contributed by atoms with Crippen molar-refractivity contribution in [2.24, 2.45) is 5.41 Å². The maximum Gasteiger partial charge on any atom is 0.125 e. The molecule has 4 heteroatoms. The maximum atomic E-state index is 13.2. The second kappa shape index (κ2) is 5.25. The lowest BCUT2D eigenvalue weighted by Crippen LogP contribution is -2.50. The van der Waals surface area contributed by atoms with Crippen molar-refractivity contribution in [2.45, 2.75) is 51.0 Å². The number of anilines is 1. The lowest BCUT2D eigenvalue weighted by molar-refractivity contribution is 0.0571. The van der Waals surface area contributed by atoms with Gasteiger partial charge in [0.05, 0.1) is 10.7 Å². The van der Waals surface area contributed by atoms with Gasteiger partial charge in [0.2, 0.25) is 0 Å². The zero-order valence-corrected chi connectivity index (χ0v) is 13.2. The average Bonchev–Trinajstić information content (AvgIpc) is 2.37. The van der Waals surface area contributed by atoms with Crippen LogP contribution in [0.5, 0.6) is 0 Å². The zero-order chi connectivity index (χ0) is 13.5. The Kier molecular flexibility index (Phi) is 3.78. The minimum Gasteiger partial charge on any atom is -0.380 e. The molecule has 0 amide bonds. The van der Waals surface area contributed by atoms with Gasteiger partial charge in [-0.05, 0) is 59.2 Å². The first kappa shape index (κ1) is 13.7. The van der Waals surface area contributed by atoms with E-state index >= 15 is 0 Å². The SMILES string of the molecule is Fc1cc(Cl)c(NC2CCC23CCCCC3)c(Br)c1. The molecule has 1 aromatic carbocycles. The van der Waals surface area contributed by atoms with E-state index < -0.39 is 0 Å². The van der Waals surface area contributed by atoms with Gasteiger partial charge in [0.15, 0.2) is 0 Å². The summed E-state index contributed by atoms with van der Waals surface area (Å²) >= 11 is 9.56. The van der Waals surface area contributed by atoms with Gasteiger partial charge in [-0.1, -0.05) is 30.9 Å². The zero-order valence-electron chi connectivity index (χ0n) is 10.8. The summed E-state index contributed by atoms with van der Waals surface area (Å²) in [4.78, 5) is 0. The molecule has 104 valence electrons. The maximum absolute atomic E-state index is 13.2. The minimum absolute atomic E-state index is 0.302. The van der Waals surface area contributed by atoms with E-state index in [0.717, 1.165) is 10.2 Å². The van der Waals surface area contributed by atoms with Crippen LogP contribution in [0.2, 0.25) is 5.02 Å². The summed E-state index contributed by atoms with van der Waals surface area (Å²) in [6, 6.07) is 3.34. The molecule has 0 aliphatic heterocycles. The molecule has 19 heavy (non-hydrogen) atoms. The third-order valence-electron chi connectivity index (χ3n) is 4.84. The molecule has 0 aromatic heterocycles. The van der Waals surface area contributed by atoms with Crippen molar-refractivity contribution in [1.29, 1.82) is 0 Å². The Morgan fingerprint density at radius 3 is 2.53 bits per heavy atom. The summed E-state index contributed by atoms with van der Waals surface area (Å²) < 4.78 is 14.0. The Morgan fingerprint density at radius 1 is 1.21 bits per heavy atom. The van der Waals surface area contributed by atoms with Crippen LogP contribution in [0, 0.1) is 11.2 Å². The van der Waals surface area contributed by atoms with E-state index in [-0.39, 0.29) is 5.82 Å². The number of hydrogen-bond donors (Lipinski definition) is 1. The van der Waals surface area contributed by atoms with Crippen molar-refractivity contribution in [3.05, 3.63) is 27.4 Å². The molecule has 0 saturated heterocycles. The minimum atomic E-state index is -0.302. The van der Waals surface area contributed by atoms with Crippen LogP contribution in [0.1, 0.15) is 44.9 Å². The van der Waals surface area contributed by atoms with Crippen molar-refractivity contribution in [2.75, 3.05) is 5.32 Å². The molecule has 0 bridgehead atoms. The molecule has 3 rings (SSSR count). The Bertz CT molecular complexity index is 462. The molecule has 1 N–H and O–H groups in total. The summed E-state index contributed by atoms with van der Waals surface area (Å²) in [5.74, 6) is -0.302. The lowest BCUT2D eigenvalue weighted by Gasteiger charge is -2.53. The highest BCUT2D eigenvalue weighted by Crippen LogP contribution is 2.53. The molecule has 0 heterocycles. The fourth-order valence-electron chi connectivity index (χ4n) is 3.63. The van der Waals surface area contributed by atoms with Gasteiger partial charge in [-0.2, -0.15) is 0 Å². The Morgan fingerprint density at radius 2 is 1.95 bits per heavy atom. The second-order valence-electron chi connectivity index (χ2n) is 5.90. The first-order valence-electron chi connectivity index (χ1n) is 7.02. The van der Waals surface area contributed by atoms with Crippen molar-refractivity contribution < 1.29 is 4.39 Å². The second-order valence-corrected chi connectivity index (χ2v) is 7.16. The third-order valence-corrected chi connectivity index (χ3v) is 5.77. The van der Waals surface area contributed by atoms with Gasteiger partial charge >= 0.3 is 0 Å². The van der Waals surface area contributed by atoms with Gasteiger partial charge in [0.25, 0.3) is 0 Å². The van der Waals surface area contributed by atoms with Crippen LogP contribution in [-0.2, 0) is 0 Å². The summed E-state index contributed by atoms with van der Waals surface area (Å²) in [6.45, 7) is 0. The monoisotopic (exact) mass is 345 g/mol. The van der Waals surface area contributed by atoms with E-state index in [1.165, 1.54) is 57.1 Å². The Labute approximate surface area is 127 Å². The van der Waals surface area contributed by atoms with E-state index in [1.807, 2.05) is 0 Å². The molecule has 1 atom stereocenters. The van der Waals surface area contributed by atoms with E-state index in [9.17, 15) is 4.39 Å². The fourth-order valence-corrected chi connectivity index (χ4v) is 4.55. The first-order valence-corrected chi connectivity index (χ1v) is 8.19. The molecule has 1 aromatic rings. The van der Waals surface area contributed by atoms with Crippen molar-refractivity contribution >= 4 is 33.2 Å². The highest BCUT2D eigenvalue weighted by molar-refractivity contribution is 9.10. The molecule has 2 fully saturated rings. The summed E-state index contributed by atoms with van der Waals surface area (Å²) in [7, 11) is 0. The molecule has 1 unspecified atom stereocenters. The Hall–Kier alpha value is -0.280. The van der Waals surface area contributed by atoms with Crippen molar-refractivity contribution in [1.82, 2.24) is 0 Å². The van der Waals surface area contributed by atoms with Crippen molar-refractivity contribution in [3.63, 3.8) is 0 Å². The first-order chi connectivity index (χ1) is 9.11. The van der Waals surface area contributed by atoms with E-state index in [0.29, 0.717) is 16.5 Å². The molecular formula is C15H18BrClFN. The topological polar surface area (TPSA) is 12.0 Å². The van der Waals surface area contributed by atoms with Crippen LogP contribution in [0.25, 0.3) is 0 Å². The number of nitrogens with one attached hydrogen (secondary N) is 1. The van der Waals surface area contributed by atoms with Gasteiger partial charge in [-0.3, -0.25) is 0 Å². The van der Waals surface area contributed by atoms with Crippen LogP contribution in [0.3, 0.4) is 0 Å². The average molecular weight is 347 g/mol. The van der Waals surface area contributed by atoms with E-state index in [4.69, 9.17) is 11.6 Å². The molecule has 1 spiro atoms. The van der Waals surface area contributed by atoms with Crippen LogP contribution in [0.15, 0.2) is 16.6 Å². The third kappa shape index (κ3) is 2.52.